The second-order valence-electron chi connectivity index (χ2n) is 5.80. The molecule has 2 heterocycles. The lowest BCUT2D eigenvalue weighted by molar-refractivity contribution is 0.0735. The smallest absolute Gasteiger partial charge is 0.343 e. The van der Waals surface area contributed by atoms with Crippen LogP contribution in [0.15, 0.2) is 42.5 Å². The Morgan fingerprint density at radius 1 is 1.19 bits per heavy atom. The highest BCUT2D eigenvalue weighted by molar-refractivity contribution is 7.22. The Hall–Kier alpha value is -2.95. The molecule has 1 aliphatic heterocycles. The highest BCUT2D eigenvalue weighted by Crippen LogP contribution is 2.32. The summed E-state index contributed by atoms with van der Waals surface area (Å²) in [5, 5.41) is 9.78. The lowest BCUT2D eigenvalue weighted by Crippen LogP contribution is -2.36. The third kappa shape index (κ3) is 3.38. The number of thiazole rings is 1. The van der Waals surface area contributed by atoms with Crippen molar-refractivity contribution in [1.82, 2.24) is 4.98 Å². The molecule has 1 saturated heterocycles. The third-order valence-corrected chi connectivity index (χ3v) is 5.17. The van der Waals surface area contributed by atoms with Crippen molar-refractivity contribution < 1.29 is 14.3 Å². The lowest BCUT2D eigenvalue weighted by atomic mass is 10.1. The predicted octanol–water partition coefficient (Wildman–Crippen LogP) is 3.22. The number of aromatic nitrogens is 1. The van der Waals surface area contributed by atoms with Crippen molar-refractivity contribution in [1.29, 1.82) is 5.26 Å². The Labute approximate surface area is 154 Å². The van der Waals surface area contributed by atoms with Crippen LogP contribution in [0.3, 0.4) is 0 Å². The van der Waals surface area contributed by atoms with Gasteiger partial charge in [-0.05, 0) is 36.4 Å². The van der Waals surface area contributed by atoms with E-state index in [0.717, 1.165) is 28.4 Å². The van der Waals surface area contributed by atoms with Crippen molar-refractivity contribution in [3.05, 3.63) is 53.6 Å². The highest BCUT2D eigenvalue weighted by atomic mass is 32.1. The van der Waals surface area contributed by atoms with E-state index in [-0.39, 0.29) is 0 Å². The molecule has 130 valence electrons. The van der Waals surface area contributed by atoms with Crippen LogP contribution in [0, 0.1) is 11.3 Å². The van der Waals surface area contributed by atoms with Gasteiger partial charge in [0.2, 0.25) is 0 Å². The van der Waals surface area contributed by atoms with Gasteiger partial charge in [0, 0.05) is 19.2 Å². The standard InChI is InChI=1S/C19H15N3O3S/c20-12-13-1-3-14(4-2-13)18(23)25-15-5-6-16-17(11-15)26-19(21-16)22-7-9-24-10-8-22/h1-6,11H,7-10H2. The van der Waals surface area contributed by atoms with Gasteiger partial charge in [-0.15, -0.1) is 0 Å². The first-order chi connectivity index (χ1) is 12.7. The largest absolute Gasteiger partial charge is 0.423 e. The average molecular weight is 365 g/mol. The van der Waals surface area contributed by atoms with Gasteiger partial charge in [-0.1, -0.05) is 11.3 Å². The molecule has 4 rings (SSSR count). The lowest BCUT2D eigenvalue weighted by Gasteiger charge is -2.25. The predicted molar refractivity (Wildman–Crippen MR) is 98.8 cm³/mol. The first-order valence-corrected chi connectivity index (χ1v) is 9.00. The second-order valence-corrected chi connectivity index (χ2v) is 6.81. The van der Waals surface area contributed by atoms with Crippen molar-refractivity contribution in [3.8, 4) is 11.8 Å². The number of hydrogen-bond donors (Lipinski definition) is 0. The normalized spacial score (nSPS) is 14.2. The minimum Gasteiger partial charge on any atom is -0.423 e. The van der Waals surface area contributed by atoms with E-state index in [1.165, 1.54) is 0 Å². The molecule has 1 aliphatic rings. The van der Waals surface area contributed by atoms with Gasteiger partial charge in [0.05, 0.1) is 40.6 Å². The van der Waals surface area contributed by atoms with Crippen molar-refractivity contribution in [2.45, 2.75) is 0 Å². The summed E-state index contributed by atoms with van der Waals surface area (Å²) in [6, 6.07) is 13.8. The van der Waals surface area contributed by atoms with E-state index in [0.29, 0.717) is 30.1 Å². The number of benzene rings is 2. The topological polar surface area (TPSA) is 75.5 Å². The van der Waals surface area contributed by atoms with Crippen LogP contribution in [-0.4, -0.2) is 37.3 Å². The Balaban J connectivity index is 1.53. The molecule has 0 saturated carbocycles. The van der Waals surface area contributed by atoms with Gasteiger partial charge in [-0.3, -0.25) is 0 Å². The molecular weight excluding hydrogens is 350 g/mol. The van der Waals surface area contributed by atoms with Crippen LogP contribution in [0.25, 0.3) is 10.2 Å². The molecule has 0 aliphatic carbocycles. The van der Waals surface area contributed by atoms with E-state index >= 15 is 0 Å². The number of hydrogen-bond acceptors (Lipinski definition) is 7. The number of rotatable bonds is 3. The Bertz CT molecular complexity index is 985. The zero-order valence-electron chi connectivity index (χ0n) is 13.8. The number of nitrogens with zero attached hydrogens (tertiary/aromatic N) is 3. The SMILES string of the molecule is N#Cc1ccc(C(=O)Oc2ccc3nc(N4CCOCC4)sc3c2)cc1. The number of carbonyl (C=O) groups is 1. The first-order valence-electron chi connectivity index (χ1n) is 8.18. The van der Waals surface area contributed by atoms with Crippen molar-refractivity contribution in [2.75, 3.05) is 31.2 Å². The Morgan fingerprint density at radius 3 is 2.69 bits per heavy atom. The molecule has 7 heteroatoms. The van der Waals surface area contributed by atoms with E-state index in [9.17, 15) is 4.79 Å². The quantitative estimate of drug-likeness (QED) is 0.524. The fourth-order valence-corrected chi connectivity index (χ4v) is 3.74. The van der Waals surface area contributed by atoms with Crippen LogP contribution >= 0.6 is 11.3 Å². The summed E-state index contributed by atoms with van der Waals surface area (Å²) in [6.07, 6.45) is 0. The maximum Gasteiger partial charge on any atom is 0.343 e. The van der Waals surface area contributed by atoms with Crippen LogP contribution in [0.5, 0.6) is 5.75 Å². The van der Waals surface area contributed by atoms with Crippen LogP contribution in [0.4, 0.5) is 5.13 Å². The van der Waals surface area contributed by atoms with Crippen LogP contribution in [0.1, 0.15) is 15.9 Å². The zero-order chi connectivity index (χ0) is 17.9. The fourth-order valence-electron chi connectivity index (χ4n) is 2.69. The van der Waals surface area contributed by atoms with Crippen LogP contribution < -0.4 is 9.64 Å². The van der Waals surface area contributed by atoms with E-state index in [1.807, 2.05) is 18.2 Å². The molecule has 2 aromatic carbocycles. The van der Waals surface area contributed by atoms with Crippen molar-refractivity contribution in [3.63, 3.8) is 0 Å². The monoisotopic (exact) mass is 365 g/mol. The van der Waals surface area contributed by atoms with Gasteiger partial charge < -0.3 is 14.4 Å². The minimum absolute atomic E-state index is 0.405. The van der Waals surface area contributed by atoms with Gasteiger partial charge in [-0.25, -0.2) is 9.78 Å². The number of carbonyl (C=O) groups excluding carboxylic acids is 1. The average Bonchev–Trinajstić information content (AvgIpc) is 3.12. The molecule has 1 aromatic heterocycles. The summed E-state index contributed by atoms with van der Waals surface area (Å²) in [5.74, 6) is 0.0239. The maximum absolute atomic E-state index is 12.3. The second kappa shape index (κ2) is 7.12. The van der Waals surface area contributed by atoms with Gasteiger partial charge in [0.1, 0.15) is 5.75 Å². The summed E-state index contributed by atoms with van der Waals surface area (Å²) in [5.41, 5.74) is 1.79. The number of fused-ring (bicyclic) bond motifs is 1. The van der Waals surface area contributed by atoms with Gasteiger partial charge in [-0.2, -0.15) is 5.26 Å². The van der Waals surface area contributed by atoms with E-state index in [2.05, 4.69) is 9.88 Å². The first kappa shape index (κ1) is 16.5. The van der Waals surface area contributed by atoms with Crippen LogP contribution in [-0.2, 0) is 4.74 Å². The molecule has 0 radical (unpaired) electrons. The van der Waals surface area contributed by atoms with Crippen molar-refractivity contribution in [2.24, 2.45) is 0 Å². The summed E-state index contributed by atoms with van der Waals surface area (Å²) < 4.78 is 11.8. The number of ether oxygens (including phenoxy) is 2. The summed E-state index contributed by atoms with van der Waals surface area (Å²) >= 11 is 1.58. The Morgan fingerprint density at radius 2 is 1.96 bits per heavy atom. The van der Waals surface area contributed by atoms with Gasteiger partial charge in [0.25, 0.3) is 0 Å². The molecule has 1 fully saturated rings. The highest BCUT2D eigenvalue weighted by Gasteiger charge is 2.16. The molecule has 3 aromatic rings. The number of morpholine rings is 1. The molecule has 0 spiro atoms. The minimum atomic E-state index is -0.452. The Kier molecular flexibility index (Phi) is 4.52. The van der Waals surface area contributed by atoms with Gasteiger partial charge in [0.15, 0.2) is 5.13 Å². The fraction of sp³-hybridized carbons (Fsp3) is 0.211. The molecule has 0 amide bonds. The molecule has 0 atom stereocenters. The summed E-state index contributed by atoms with van der Waals surface area (Å²) in [6.45, 7) is 3.09. The molecule has 6 nitrogen and oxygen atoms in total. The molecule has 26 heavy (non-hydrogen) atoms. The number of esters is 1. The van der Waals surface area contributed by atoms with E-state index in [4.69, 9.17) is 14.7 Å². The van der Waals surface area contributed by atoms with Crippen LogP contribution in [0.2, 0.25) is 0 Å². The zero-order valence-corrected chi connectivity index (χ0v) is 14.7. The summed E-state index contributed by atoms with van der Waals surface area (Å²) in [7, 11) is 0. The third-order valence-electron chi connectivity index (χ3n) is 4.09. The molecular formula is C19H15N3O3S. The number of nitriles is 1. The van der Waals surface area contributed by atoms with E-state index in [1.54, 1.807) is 41.7 Å². The number of anilines is 1. The van der Waals surface area contributed by atoms with E-state index < -0.39 is 5.97 Å². The van der Waals surface area contributed by atoms with Gasteiger partial charge >= 0.3 is 5.97 Å². The molecule has 0 N–H and O–H groups in total. The molecule has 0 bridgehead atoms. The van der Waals surface area contributed by atoms with Crippen molar-refractivity contribution >= 4 is 32.7 Å². The molecule has 0 unspecified atom stereocenters. The maximum atomic E-state index is 12.3. The summed E-state index contributed by atoms with van der Waals surface area (Å²) in [4.78, 5) is 19.1.